The van der Waals surface area contributed by atoms with Crippen molar-refractivity contribution in [3.8, 4) is 0 Å². The predicted octanol–water partition coefficient (Wildman–Crippen LogP) is 3.40. The first-order valence-electron chi connectivity index (χ1n) is 11.9. The molecule has 0 heterocycles. The van der Waals surface area contributed by atoms with Crippen LogP contribution in [0.15, 0.2) is 0 Å². The Hall–Kier alpha value is -0.720. The second kappa shape index (κ2) is 7.70. The van der Waals surface area contributed by atoms with Gasteiger partial charge in [0.25, 0.3) is 0 Å². The van der Waals surface area contributed by atoms with Crippen molar-refractivity contribution < 1.29 is 29.6 Å². The van der Waals surface area contributed by atoms with Gasteiger partial charge in [0.1, 0.15) is 0 Å². The van der Waals surface area contributed by atoms with E-state index in [1.807, 2.05) is 6.92 Å². The molecule has 0 aliphatic heterocycles. The van der Waals surface area contributed by atoms with Gasteiger partial charge in [0, 0.05) is 0 Å². The fraction of sp³-hybridized carbons (Fsp3) is 0.958. The number of fused-ring (bicyclic) bond motifs is 5. The average Bonchev–Trinajstić information content (AvgIpc) is 3.02. The number of carboxylic acid groups (broad SMARTS) is 1. The number of carbonyl (C=O) groups is 1. The molecule has 0 bridgehead atoms. The van der Waals surface area contributed by atoms with E-state index in [0.29, 0.717) is 12.8 Å². The number of carboxylic acids is 1. The summed E-state index contributed by atoms with van der Waals surface area (Å²) in [7, 11) is 0. The van der Waals surface area contributed by atoms with Gasteiger partial charge in [-0.25, -0.2) is 9.18 Å². The molecule has 0 unspecified atom stereocenters. The van der Waals surface area contributed by atoms with Crippen LogP contribution >= 0.6 is 0 Å². The first-order valence-corrected chi connectivity index (χ1v) is 11.9. The van der Waals surface area contributed by atoms with Gasteiger partial charge in [-0.15, -0.1) is 0 Å². The number of halogens is 1. The summed E-state index contributed by atoms with van der Waals surface area (Å²) in [5.41, 5.74) is -0.389. The van der Waals surface area contributed by atoms with Crippen molar-refractivity contribution in [1.82, 2.24) is 0 Å². The summed E-state index contributed by atoms with van der Waals surface area (Å²) < 4.78 is 14.0. The Morgan fingerprint density at radius 1 is 1.07 bits per heavy atom. The highest BCUT2D eigenvalue weighted by Gasteiger charge is 2.65. The summed E-state index contributed by atoms with van der Waals surface area (Å²) >= 11 is 0. The van der Waals surface area contributed by atoms with E-state index in [2.05, 4.69) is 13.8 Å². The Morgan fingerprint density at radius 2 is 1.77 bits per heavy atom. The lowest BCUT2D eigenvalue weighted by atomic mass is 9.43. The van der Waals surface area contributed by atoms with Crippen LogP contribution in [0.5, 0.6) is 0 Å². The van der Waals surface area contributed by atoms with E-state index >= 15 is 0 Å². The van der Waals surface area contributed by atoms with Crippen LogP contribution in [0.4, 0.5) is 4.39 Å². The van der Waals surface area contributed by atoms with Crippen molar-refractivity contribution in [2.24, 2.45) is 46.3 Å². The molecule has 5 nitrogen and oxygen atoms in total. The Morgan fingerprint density at radius 3 is 2.43 bits per heavy atom. The highest BCUT2D eigenvalue weighted by atomic mass is 19.1. The van der Waals surface area contributed by atoms with Crippen LogP contribution in [0.25, 0.3) is 0 Å². The lowest BCUT2D eigenvalue weighted by Gasteiger charge is -2.63. The summed E-state index contributed by atoms with van der Waals surface area (Å²) in [4.78, 5) is 11.0. The first-order chi connectivity index (χ1) is 14.0. The maximum atomic E-state index is 14.0. The van der Waals surface area contributed by atoms with Crippen molar-refractivity contribution in [2.75, 3.05) is 0 Å². The van der Waals surface area contributed by atoms with Crippen LogP contribution in [0.2, 0.25) is 0 Å². The molecule has 0 saturated heterocycles. The molecule has 4 fully saturated rings. The smallest absolute Gasteiger partial charge is 0.338 e. The van der Waals surface area contributed by atoms with Gasteiger partial charge < -0.3 is 20.4 Å². The van der Waals surface area contributed by atoms with Crippen molar-refractivity contribution in [1.29, 1.82) is 0 Å². The second-order valence-electron chi connectivity index (χ2n) is 11.5. The number of rotatable bonds is 4. The number of aliphatic carboxylic acids is 1. The molecule has 4 aliphatic rings. The monoisotopic (exact) mass is 426 g/mol. The number of hydrogen-bond acceptors (Lipinski definition) is 4. The third-order valence-corrected chi connectivity index (χ3v) is 10.4. The minimum atomic E-state index is -1.87. The van der Waals surface area contributed by atoms with Gasteiger partial charge in [0.2, 0.25) is 0 Å². The van der Waals surface area contributed by atoms with Crippen LogP contribution in [-0.2, 0) is 4.79 Å². The maximum Gasteiger partial charge on any atom is 0.338 e. The minimum Gasteiger partial charge on any atom is -0.479 e. The van der Waals surface area contributed by atoms with Crippen molar-refractivity contribution in [3.63, 3.8) is 0 Å². The van der Waals surface area contributed by atoms with Gasteiger partial charge in [0.15, 0.2) is 6.17 Å². The Kier molecular flexibility index (Phi) is 5.77. The molecule has 4 aliphatic carbocycles. The summed E-state index contributed by atoms with van der Waals surface area (Å²) in [6.07, 6.45) is 2.41. The lowest BCUT2D eigenvalue weighted by Crippen LogP contribution is -2.62. The maximum absolute atomic E-state index is 14.0. The highest BCUT2D eigenvalue weighted by Crippen LogP contribution is 2.68. The fourth-order valence-corrected chi connectivity index (χ4v) is 8.72. The molecule has 0 aromatic heterocycles. The first kappa shape index (κ1) is 22.5. The lowest BCUT2D eigenvalue weighted by molar-refractivity contribution is -0.207. The predicted molar refractivity (Wildman–Crippen MR) is 110 cm³/mol. The van der Waals surface area contributed by atoms with Crippen molar-refractivity contribution >= 4 is 5.97 Å². The van der Waals surface area contributed by atoms with E-state index in [9.17, 15) is 24.5 Å². The highest BCUT2D eigenvalue weighted by molar-refractivity contribution is 5.72. The number of aliphatic hydroxyl groups is 3. The molecule has 4 saturated carbocycles. The molecule has 30 heavy (non-hydrogen) atoms. The van der Waals surface area contributed by atoms with E-state index < -0.39 is 29.8 Å². The Balaban J connectivity index is 1.61. The van der Waals surface area contributed by atoms with E-state index in [0.717, 1.165) is 32.1 Å². The zero-order valence-corrected chi connectivity index (χ0v) is 18.5. The third-order valence-electron chi connectivity index (χ3n) is 10.4. The van der Waals surface area contributed by atoms with Crippen LogP contribution in [-0.4, -0.2) is 50.9 Å². The number of alkyl halides is 1. The zero-order valence-electron chi connectivity index (χ0n) is 18.5. The van der Waals surface area contributed by atoms with Gasteiger partial charge in [0.05, 0.1) is 18.3 Å². The standard InChI is InChI=1S/C24H39FO5/c1-12(8-18(25)22(29)30)15-4-5-16-21-17(11-20(28)24(15,16)3)23(2)7-6-14(26)9-13(23)10-19(21)27/h12-21,26-28H,4-11H2,1-3H3,(H,29,30)/t12-,13+,14-,15-,16+,17+,18+,19-,20+,21+,23+,24-/m1/s1. The van der Waals surface area contributed by atoms with Crippen LogP contribution < -0.4 is 0 Å². The summed E-state index contributed by atoms with van der Waals surface area (Å²) in [5, 5.41) is 41.9. The van der Waals surface area contributed by atoms with Crippen LogP contribution in [0.3, 0.4) is 0 Å². The van der Waals surface area contributed by atoms with Gasteiger partial charge in [-0.05, 0) is 97.7 Å². The number of aliphatic hydroxyl groups excluding tert-OH is 3. The second-order valence-corrected chi connectivity index (χ2v) is 11.5. The molecule has 4 N–H and O–H groups in total. The Labute approximate surface area is 179 Å². The molecule has 0 amide bonds. The fourth-order valence-electron chi connectivity index (χ4n) is 8.72. The molecular formula is C24H39FO5. The van der Waals surface area contributed by atoms with Gasteiger partial charge in [-0.3, -0.25) is 0 Å². The molecule has 0 radical (unpaired) electrons. The average molecular weight is 427 g/mol. The van der Waals surface area contributed by atoms with Crippen LogP contribution in [0, 0.1) is 46.3 Å². The normalized spacial score (nSPS) is 52.6. The topological polar surface area (TPSA) is 98.0 Å². The molecule has 4 rings (SSSR count). The molecule has 0 spiro atoms. The van der Waals surface area contributed by atoms with E-state index in [1.165, 1.54) is 0 Å². The van der Waals surface area contributed by atoms with Gasteiger partial charge in [-0.2, -0.15) is 0 Å². The van der Waals surface area contributed by atoms with Crippen molar-refractivity contribution in [2.45, 2.75) is 96.6 Å². The Bertz CT molecular complexity index is 672. The summed E-state index contributed by atoms with van der Waals surface area (Å²) in [5.74, 6) is -0.684. The third kappa shape index (κ3) is 3.24. The minimum absolute atomic E-state index is 0.0244. The SMILES string of the molecule is C[C@H](C[C@H](F)C(=O)O)[C@H]1CC[C@H]2[C@@H]3[C@H](O)C[C@@H]4C[C@H](O)CC[C@]4(C)[C@H]3C[C@H](O)[C@]12C. The summed E-state index contributed by atoms with van der Waals surface area (Å²) in [6, 6.07) is 0. The van der Waals surface area contributed by atoms with E-state index in [-0.39, 0.29) is 53.4 Å². The summed E-state index contributed by atoms with van der Waals surface area (Å²) in [6.45, 7) is 6.33. The van der Waals surface area contributed by atoms with Gasteiger partial charge in [-0.1, -0.05) is 20.8 Å². The largest absolute Gasteiger partial charge is 0.479 e. The molecule has 172 valence electrons. The van der Waals surface area contributed by atoms with Crippen LogP contribution in [0.1, 0.15) is 72.1 Å². The molecule has 0 aromatic rings. The van der Waals surface area contributed by atoms with E-state index in [1.54, 1.807) is 0 Å². The zero-order chi connectivity index (χ0) is 22.0. The molecule has 6 heteroatoms. The van der Waals surface area contributed by atoms with Gasteiger partial charge >= 0.3 is 5.97 Å². The van der Waals surface area contributed by atoms with E-state index in [4.69, 9.17) is 5.11 Å². The number of hydrogen-bond donors (Lipinski definition) is 4. The molecule has 0 aromatic carbocycles. The molecule has 12 atom stereocenters. The molecular weight excluding hydrogens is 387 g/mol. The quantitative estimate of drug-likeness (QED) is 0.552. The van der Waals surface area contributed by atoms with Crippen molar-refractivity contribution in [3.05, 3.63) is 0 Å².